The highest BCUT2D eigenvalue weighted by molar-refractivity contribution is 5.40. The normalized spacial score (nSPS) is 11.9. The Kier molecular flexibility index (Phi) is 5.14. The molecule has 0 unspecified atom stereocenters. The van der Waals surface area contributed by atoms with Crippen molar-refractivity contribution in [2.75, 3.05) is 6.61 Å². The Bertz CT molecular complexity index is 489. The van der Waals surface area contributed by atoms with E-state index in [9.17, 15) is 5.11 Å². The van der Waals surface area contributed by atoms with Gasteiger partial charge < -0.3 is 5.11 Å². The molecular formula is C19H22O. The van der Waals surface area contributed by atoms with Crippen LogP contribution < -0.4 is 0 Å². The average Bonchev–Trinajstić information content (AvgIpc) is 2.54. The summed E-state index contributed by atoms with van der Waals surface area (Å²) in [7, 11) is 0. The van der Waals surface area contributed by atoms with Crippen molar-refractivity contribution in [3.63, 3.8) is 0 Å². The number of benzene rings is 2. The number of aliphatic hydroxyl groups is 1. The second kappa shape index (κ2) is 7.06. The topological polar surface area (TPSA) is 20.2 Å². The molecule has 0 amide bonds. The van der Waals surface area contributed by atoms with E-state index >= 15 is 0 Å². The molecule has 104 valence electrons. The maximum atomic E-state index is 10.1. The minimum Gasteiger partial charge on any atom is -0.395 e. The second-order valence-electron chi connectivity index (χ2n) is 5.06. The highest BCUT2D eigenvalue weighted by Gasteiger charge is 2.32. The molecule has 0 atom stereocenters. The summed E-state index contributed by atoms with van der Waals surface area (Å²) in [5, 5.41) is 10.1. The fraction of sp³-hybridized carbons (Fsp3) is 0.263. The molecule has 1 nitrogen and oxygen atoms in total. The van der Waals surface area contributed by atoms with Gasteiger partial charge in [0.05, 0.1) is 6.61 Å². The maximum absolute atomic E-state index is 10.1. The van der Waals surface area contributed by atoms with Crippen LogP contribution >= 0.6 is 0 Å². The van der Waals surface area contributed by atoms with Crippen LogP contribution in [0.3, 0.4) is 0 Å². The lowest BCUT2D eigenvalue weighted by molar-refractivity contribution is 0.220. The first-order valence-electron chi connectivity index (χ1n) is 7.20. The van der Waals surface area contributed by atoms with Gasteiger partial charge in [0.2, 0.25) is 0 Å². The van der Waals surface area contributed by atoms with Crippen molar-refractivity contribution in [3.8, 4) is 0 Å². The summed E-state index contributed by atoms with van der Waals surface area (Å²) in [6.07, 6.45) is 6.17. The first-order valence-corrected chi connectivity index (χ1v) is 7.20. The predicted molar refractivity (Wildman–Crippen MR) is 84.8 cm³/mol. The van der Waals surface area contributed by atoms with Crippen LogP contribution in [0.1, 0.15) is 30.9 Å². The van der Waals surface area contributed by atoms with E-state index in [-0.39, 0.29) is 12.0 Å². The number of hydrogen-bond donors (Lipinski definition) is 1. The van der Waals surface area contributed by atoms with Gasteiger partial charge in [-0.15, -0.1) is 0 Å². The number of rotatable bonds is 6. The predicted octanol–water partition coefficient (Wildman–Crippen LogP) is 4.32. The molecule has 0 bridgehead atoms. The van der Waals surface area contributed by atoms with Crippen LogP contribution in [-0.2, 0) is 5.41 Å². The van der Waals surface area contributed by atoms with E-state index in [1.54, 1.807) is 0 Å². The van der Waals surface area contributed by atoms with Crippen LogP contribution in [0.4, 0.5) is 0 Å². The minimum atomic E-state index is -0.353. The van der Waals surface area contributed by atoms with Gasteiger partial charge in [0.25, 0.3) is 0 Å². The molecule has 0 aliphatic rings. The third-order valence-electron chi connectivity index (χ3n) is 3.79. The van der Waals surface area contributed by atoms with Crippen LogP contribution in [-0.4, -0.2) is 11.7 Å². The van der Waals surface area contributed by atoms with Gasteiger partial charge in [0.15, 0.2) is 0 Å². The number of aliphatic hydroxyl groups excluding tert-OH is 1. The van der Waals surface area contributed by atoms with Crippen molar-refractivity contribution in [1.29, 1.82) is 0 Å². The summed E-state index contributed by atoms with van der Waals surface area (Å²) < 4.78 is 0. The van der Waals surface area contributed by atoms with E-state index in [4.69, 9.17) is 0 Å². The van der Waals surface area contributed by atoms with Gasteiger partial charge in [-0.05, 0) is 24.0 Å². The van der Waals surface area contributed by atoms with Crippen molar-refractivity contribution >= 4 is 0 Å². The van der Waals surface area contributed by atoms with E-state index in [0.717, 1.165) is 24.0 Å². The third kappa shape index (κ3) is 3.00. The molecule has 0 saturated carbocycles. The molecule has 0 aliphatic carbocycles. The Hall–Kier alpha value is -1.86. The lowest BCUT2D eigenvalue weighted by Gasteiger charge is -2.32. The Balaban J connectivity index is 2.49. The maximum Gasteiger partial charge on any atom is 0.0571 e. The highest BCUT2D eigenvalue weighted by atomic mass is 16.3. The van der Waals surface area contributed by atoms with Crippen LogP contribution in [0, 0.1) is 0 Å². The van der Waals surface area contributed by atoms with Gasteiger partial charge in [-0.3, -0.25) is 0 Å². The lowest BCUT2D eigenvalue weighted by atomic mass is 9.72. The summed E-state index contributed by atoms with van der Waals surface area (Å²) in [6.45, 7) is 2.23. The van der Waals surface area contributed by atoms with Crippen molar-refractivity contribution in [2.45, 2.75) is 25.2 Å². The first kappa shape index (κ1) is 14.5. The number of allylic oxidation sites excluding steroid dienone is 2. The summed E-state index contributed by atoms with van der Waals surface area (Å²) in [4.78, 5) is 0. The molecule has 2 rings (SSSR count). The molecule has 0 aromatic heterocycles. The van der Waals surface area contributed by atoms with Crippen LogP contribution in [0.15, 0.2) is 72.8 Å². The first-order chi connectivity index (χ1) is 9.83. The molecule has 0 heterocycles. The fourth-order valence-electron chi connectivity index (χ4n) is 2.62. The molecule has 2 aromatic rings. The van der Waals surface area contributed by atoms with E-state index in [0.29, 0.717) is 0 Å². The smallest absolute Gasteiger partial charge is 0.0571 e. The molecule has 1 N–H and O–H groups in total. The number of hydrogen-bond acceptors (Lipinski definition) is 1. The summed E-state index contributed by atoms with van der Waals surface area (Å²) in [5.41, 5.74) is 1.97. The van der Waals surface area contributed by atoms with Crippen LogP contribution in [0.2, 0.25) is 0 Å². The minimum absolute atomic E-state index is 0.106. The fourth-order valence-corrected chi connectivity index (χ4v) is 2.62. The van der Waals surface area contributed by atoms with Gasteiger partial charge in [-0.2, -0.15) is 0 Å². The molecule has 0 fully saturated rings. The average molecular weight is 266 g/mol. The summed E-state index contributed by atoms with van der Waals surface area (Å²) >= 11 is 0. The third-order valence-corrected chi connectivity index (χ3v) is 3.79. The molecule has 0 radical (unpaired) electrons. The molecule has 2 aromatic carbocycles. The zero-order chi connectivity index (χ0) is 14.3. The van der Waals surface area contributed by atoms with Crippen LogP contribution in [0.25, 0.3) is 0 Å². The molecule has 1 heteroatoms. The van der Waals surface area contributed by atoms with Gasteiger partial charge >= 0.3 is 0 Å². The Morgan fingerprint density at radius 1 is 0.850 bits per heavy atom. The van der Waals surface area contributed by atoms with Gasteiger partial charge in [-0.1, -0.05) is 79.7 Å². The largest absolute Gasteiger partial charge is 0.395 e. The Morgan fingerprint density at radius 3 is 1.75 bits per heavy atom. The molecule has 20 heavy (non-hydrogen) atoms. The van der Waals surface area contributed by atoms with Gasteiger partial charge in [-0.25, -0.2) is 0 Å². The van der Waals surface area contributed by atoms with E-state index < -0.39 is 0 Å². The Labute approximate surface area is 121 Å². The van der Waals surface area contributed by atoms with Crippen molar-refractivity contribution in [1.82, 2.24) is 0 Å². The lowest BCUT2D eigenvalue weighted by Crippen LogP contribution is -2.31. The Morgan fingerprint density at radius 2 is 1.35 bits per heavy atom. The van der Waals surface area contributed by atoms with Crippen LogP contribution in [0.5, 0.6) is 0 Å². The summed E-state index contributed by atoms with van der Waals surface area (Å²) in [5.74, 6) is 0. The monoisotopic (exact) mass is 266 g/mol. The summed E-state index contributed by atoms with van der Waals surface area (Å²) in [6, 6.07) is 20.6. The van der Waals surface area contributed by atoms with Crippen molar-refractivity contribution in [3.05, 3.63) is 83.9 Å². The standard InChI is InChI=1S/C19H22O/c1-2-3-10-15-19(16-20,17-11-6-4-7-12-17)18-13-8-5-9-14-18/h3-14,20H,2,15-16H2,1H3/b10-3+. The molecular weight excluding hydrogens is 244 g/mol. The van der Waals surface area contributed by atoms with Gasteiger partial charge in [0.1, 0.15) is 0 Å². The van der Waals surface area contributed by atoms with Crippen molar-refractivity contribution in [2.24, 2.45) is 0 Å². The van der Waals surface area contributed by atoms with E-state index in [1.165, 1.54) is 0 Å². The van der Waals surface area contributed by atoms with E-state index in [2.05, 4.69) is 43.3 Å². The zero-order valence-corrected chi connectivity index (χ0v) is 12.0. The quantitative estimate of drug-likeness (QED) is 0.772. The van der Waals surface area contributed by atoms with E-state index in [1.807, 2.05) is 36.4 Å². The molecule has 0 spiro atoms. The second-order valence-corrected chi connectivity index (χ2v) is 5.06. The molecule has 0 aliphatic heterocycles. The van der Waals surface area contributed by atoms with Crippen molar-refractivity contribution < 1.29 is 5.11 Å². The zero-order valence-electron chi connectivity index (χ0n) is 12.0. The molecule has 0 saturated heterocycles. The van der Waals surface area contributed by atoms with Gasteiger partial charge in [0, 0.05) is 5.41 Å². The SMILES string of the molecule is CC/C=C/CC(CO)(c1ccccc1)c1ccccc1. The highest BCUT2D eigenvalue weighted by Crippen LogP contribution is 2.35.